The number of hydrogen-bond donors (Lipinski definition) is 1. The maximum absolute atomic E-state index is 13.1. The number of halogens is 1. The second kappa shape index (κ2) is 11.2. The van der Waals surface area contributed by atoms with Crippen molar-refractivity contribution in [3.63, 3.8) is 0 Å². The first kappa shape index (κ1) is 25.9. The van der Waals surface area contributed by atoms with Crippen molar-refractivity contribution in [3.05, 3.63) is 64.5 Å². The number of carbonyl (C=O) groups excluding carboxylic acids is 2. The quantitative estimate of drug-likeness (QED) is 0.491. The lowest BCUT2D eigenvalue weighted by Gasteiger charge is -2.26. The Morgan fingerprint density at radius 1 is 1.22 bits per heavy atom. The summed E-state index contributed by atoms with van der Waals surface area (Å²) >= 11 is 6.80. The number of carbonyl (C=O) groups is 2. The summed E-state index contributed by atoms with van der Waals surface area (Å²) in [6.07, 6.45) is 7.87. The Hall–Kier alpha value is -3.23. The van der Waals surface area contributed by atoms with Crippen molar-refractivity contribution in [1.29, 1.82) is 0 Å². The van der Waals surface area contributed by atoms with Gasteiger partial charge in [0.1, 0.15) is 0 Å². The van der Waals surface area contributed by atoms with Gasteiger partial charge in [-0.3, -0.25) is 19.9 Å². The molecule has 190 valence electrons. The molecule has 0 bridgehead atoms. The number of anilines is 1. The normalized spacial score (nSPS) is 16.6. The van der Waals surface area contributed by atoms with Gasteiger partial charge in [0, 0.05) is 43.2 Å². The zero-order valence-electron chi connectivity index (χ0n) is 21.3. The number of benzene rings is 1. The summed E-state index contributed by atoms with van der Waals surface area (Å²) in [7, 11) is 3.94. The fourth-order valence-corrected chi connectivity index (χ4v) is 4.80. The highest BCUT2D eigenvalue weighted by molar-refractivity contribution is 6.35. The molecule has 1 aliphatic heterocycles. The summed E-state index contributed by atoms with van der Waals surface area (Å²) in [5.74, 6) is 0.158. The van der Waals surface area contributed by atoms with Crippen LogP contribution in [0.2, 0.25) is 5.02 Å². The Morgan fingerprint density at radius 2 is 2.03 bits per heavy atom. The average Bonchev–Trinajstić information content (AvgIpc) is 3.02. The van der Waals surface area contributed by atoms with Gasteiger partial charge in [0.2, 0.25) is 11.9 Å². The molecule has 0 radical (unpaired) electrons. The Bertz CT molecular complexity index is 1300. The number of amides is 2. The van der Waals surface area contributed by atoms with E-state index in [2.05, 4.69) is 10.3 Å². The molecule has 1 fully saturated rings. The molecule has 9 heteroatoms. The van der Waals surface area contributed by atoms with Crippen LogP contribution in [-0.2, 0) is 4.79 Å². The van der Waals surface area contributed by atoms with E-state index in [-0.39, 0.29) is 17.9 Å². The maximum Gasteiger partial charge on any atom is 0.258 e. The van der Waals surface area contributed by atoms with E-state index in [0.29, 0.717) is 41.7 Å². The second-order valence-electron chi connectivity index (χ2n) is 9.61. The standard InChI is InChI=1S/C27H33ClN6O2/c1-18-10-11-22-25(24(18)28)34(27(30-22)31-26(36)20-12-13-29-19(2)16-20)21-8-5-6-15-33(17-21)23(35)9-7-14-32(3)4/h7,9-13,16,21H,5-6,8,14-15,17H2,1-4H3,(H,30,31,36)/b9-7+/t21-/m1/s1. The third kappa shape index (κ3) is 5.77. The number of rotatable bonds is 6. The largest absolute Gasteiger partial charge is 0.337 e. The van der Waals surface area contributed by atoms with Gasteiger partial charge in [-0.05, 0) is 71.0 Å². The molecule has 0 saturated carbocycles. The van der Waals surface area contributed by atoms with Gasteiger partial charge < -0.3 is 14.4 Å². The van der Waals surface area contributed by atoms with E-state index in [9.17, 15) is 9.59 Å². The number of likely N-dealkylation sites (N-methyl/N-ethyl adjacent to an activating group) is 1. The van der Waals surface area contributed by atoms with Crippen LogP contribution in [0.25, 0.3) is 11.0 Å². The molecule has 0 spiro atoms. The highest BCUT2D eigenvalue weighted by atomic mass is 35.5. The van der Waals surface area contributed by atoms with Crippen molar-refractivity contribution < 1.29 is 9.59 Å². The molecule has 8 nitrogen and oxygen atoms in total. The second-order valence-corrected chi connectivity index (χ2v) is 9.99. The van der Waals surface area contributed by atoms with E-state index >= 15 is 0 Å². The molecule has 1 N–H and O–H groups in total. The van der Waals surface area contributed by atoms with Gasteiger partial charge in [-0.1, -0.05) is 23.7 Å². The number of imidazole rings is 1. The molecule has 0 unspecified atom stereocenters. The van der Waals surface area contributed by atoms with Gasteiger partial charge in [0.25, 0.3) is 5.91 Å². The van der Waals surface area contributed by atoms with Crippen LogP contribution in [0.5, 0.6) is 0 Å². The van der Waals surface area contributed by atoms with Gasteiger partial charge in [-0.2, -0.15) is 0 Å². The van der Waals surface area contributed by atoms with E-state index < -0.39 is 0 Å². The number of aryl methyl sites for hydroxylation is 2. The first-order chi connectivity index (χ1) is 17.2. The van der Waals surface area contributed by atoms with Crippen LogP contribution in [0.1, 0.15) is 46.9 Å². The molecule has 2 amide bonds. The number of nitrogens with zero attached hydrogens (tertiary/aromatic N) is 5. The monoisotopic (exact) mass is 508 g/mol. The summed E-state index contributed by atoms with van der Waals surface area (Å²) in [4.78, 5) is 39.0. The fraction of sp³-hybridized carbons (Fsp3) is 0.407. The van der Waals surface area contributed by atoms with Gasteiger partial charge in [0.15, 0.2) is 0 Å². The summed E-state index contributed by atoms with van der Waals surface area (Å²) in [6, 6.07) is 7.18. The summed E-state index contributed by atoms with van der Waals surface area (Å²) in [6.45, 7) is 5.71. The zero-order chi connectivity index (χ0) is 25.8. The molecule has 36 heavy (non-hydrogen) atoms. The van der Waals surface area contributed by atoms with Crippen molar-refractivity contribution in [3.8, 4) is 0 Å². The molecular formula is C27H33ClN6O2. The third-order valence-corrected chi connectivity index (χ3v) is 6.90. The van der Waals surface area contributed by atoms with E-state index in [4.69, 9.17) is 16.6 Å². The van der Waals surface area contributed by atoms with Crippen molar-refractivity contribution >= 4 is 40.4 Å². The number of hydrogen-bond acceptors (Lipinski definition) is 5. The highest BCUT2D eigenvalue weighted by Gasteiger charge is 2.28. The number of fused-ring (bicyclic) bond motifs is 1. The number of likely N-dealkylation sites (tertiary alicyclic amines) is 1. The van der Waals surface area contributed by atoms with Gasteiger partial charge in [-0.25, -0.2) is 4.98 Å². The Labute approximate surface area is 217 Å². The molecule has 3 heterocycles. The van der Waals surface area contributed by atoms with E-state index in [1.54, 1.807) is 24.4 Å². The first-order valence-electron chi connectivity index (χ1n) is 12.3. The number of aromatic nitrogens is 3. The number of pyridine rings is 1. The van der Waals surface area contributed by atoms with Crippen molar-refractivity contribution in [2.75, 3.05) is 39.0 Å². The van der Waals surface area contributed by atoms with Gasteiger partial charge in [-0.15, -0.1) is 0 Å². The van der Waals surface area contributed by atoms with E-state index in [0.717, 1.165) is 36.0 Å². The SMILES string of the molecule is Cc1cc(C(=O)Nc2nc3ccc(C)c(Cl)c3n2[C@@H]2CCCCN(C(=O)/C=C/CN(C)C)C2)ccn1. The van der Waals surface area contributed by atoms with E-state index in [1.807, 2.05) is 60.5 Å². The lowest BCUT2D eigenvalue weighted by atomic mass is 10.1. The minimum Gasteiger partial charge on any atom is -0.337 e. The van der Waals surface area contributed by atoms with E-state index in [1.165, 1.54) is 0 Å². The third-order valence-electron chi connectivity index (χ3n) is 6.42. The Morgan fingerprint density at radius 3 is 2.78 bits per heavy atom. The Balaban J connectivity index is 1.71. The van der Waals surface area contributed by atoms with Gasteiger partial charge in [0.05, 0.1) is 22.1 Å². The van der Waals surface area contributed by atoms with Crippen LogP contribution in [0, 0.1) is 13.8 Å². The molecule has 1 aromatic carbocycles. The lowest BCUT2D eigenvalue weighted by Crippen LogP contribution is -2.34. The topological polar surface area (TPSA) is 83.4 Å². The Kier molecular flexibility index (Phi) is 8.06. The predicted molar refractivity (Wildman–Crippen MR) is 144 cm³/mol. The van der Waals surface area contributed by atoms with Crippen LogP contribution in [-0.4, -0.2) is 69.9 Å². The summed E-state index contributed by atoms with van der Waals surface area (Å²) in [5, 5.41) is 3.61. The van der Waals surface area contributed by atoms with Crippen molar-refractivity contribution in [1.82, 2.24) is 24.3 Å². The molecule has 3 aromatic rings. The molecule has 0 aliphatic carbocycles. The molecule has 1 aliphatic rings. The van der Waals surface area contributed by atoms with Crippen LogP contribution in [0.3, 0.4) is 0 Å². The van der Waals surface area contributed by atoms with Crippen LogP contribution in [0.4, 0.5) is 5.95 Å². The molecular weight excluding hydrogens is 476 g/mol. The maximum atomic E-state index is 13.1. The molecule has 1 atom stereocenters. The summed E-state index contributed by atoms with van der Waals surface area (Å²) < 4.78 is 2.02. The van der Waals surface area contributed by atoms with Gasteiger partial charge >= 0.3 is 0 Å². The van der Waals surface area contributed by atoms with Crippen LogP contribution < -0.4 is 5.32 Å². The van der Waals surface area contributed by atoms with Crippen molar-refractivity contribution in [2.24, 2.45) is 0 Å². The van der Waals surface area contributed by atoms with Crippen LogP contribution in [0.15, 0.2) is 42.6 Å². The lowest BCUT2D eigenvalue weighted by molar-refractivity contribution is -0.126. The minimum absolute atomic E-state index is 0.00621. The molecule has 4 rings (SSSR count). The molecule has 1 saturated heterocycles. The summed E-state index contributed by atoms with van der Waals surface area (Å²) in [5.41, 5.74) is 3.68. The zero-order valence-corrected chi connectivity index (χ0v) is 22.0. The highest BCUT2D eigenvalue weighted by Crippen LogP contribution is 2.35. The predicted octanol–water partition coefficient (Wildman–Crippen LogP) is 4.63. The number of nitrogens with one attached hydrogen (secondary N) is 1. The van der Waals surface area contributed by atoms with Crippen LogP contribution >= 0.6 is 11.6 Å². The molecule has 2 aromatic heterocycles. The smallest absolute Gasteiger partial charge is 0.258 e. The first-order valence-corrected chi connectivity index (χ1v) is 12.6. The average molecular weight is 509 g/mol. The van der Waals surface area contributed by atoms with Crippen molar-refractivity contribution in [2.45, 2.75) is 39.2 Å². The fourth-order valence-electron chi connectivity index (χ4n) is 4.55. The minimum atomic E-state index is -0.266.